The molecule has 0 atom stereocenters. The molecule has 3 N–H and O–H groups in total. The van der Waals surface area contributed by atoms with Crippen molar-refractivity contribution >= 4 is 17.5 Å². The number of piperidine rings is 1. The minimum Gasteiger partial charge on any atom is -0.444 e. The Hall–Kier alpha value is -2.12. The van der Waals surface area contributed by atoms with Crippen molar-refractivity contribution in [3.8, 4) is 0 Å². The molecule has 1 heterocycles. The first kappa shape index (κ1) is 19.2. The van der Waals surface area contributed by atoms with Crippen molar-refractivity contribution in [2.24, 2.45) is 0 Å². The molecule has 0 unspecified atom stereocenters. The normalized spacial score (nSPS) is 16.6. The van der Waals surface area contributed by atoms with Gasteiger partial charge in [-0.1, -0.05) is 0 Å². The number of benzene rings is 1. The number of amides is 1. The molecule has 25 heavy (non-hydrogen) atoms. The molecule has 2 rings (SSSR count). The minimum atomic E-state index is -4.41. The highest BCUT2D eigenvalue weighted by molar-refractivity contribution is 5.69. The van der Waals surface area contributed by atoms with Gasteiger partial charge in [-0.2, -0.15) is 13.2 Å². The number of likely N-dealkylation sites (tertiary alicyclic amines) is 1. The van der Waals surface area contributed by atoms with Gasteiger partial charge in [-0.15, -0.1) is 0 Å². The zero-order valence-corrected chi connectivity index (χ0v) is 14.6. The molecule has 0 spiro atoms. The number of nitrogens with one attached hydrogen (secondary N) is 1. The van der Waals surface area contributed by atoms with Crippen molar-refractivity contribution < 1.29 is 22.7 Å². The lowest BCUT2D eigenvalue weighted by Crippen LogP contribution is -2.44. The van der Waals surface area contributed by atoms with Gasteiger partial charge >= 0.3 is 12.3 Å². The maximum Gasteiger partial charge on any atom is 0.416 e. The van der Waals surface area contributed by atoms with E-state index >= 15 is 0 Å². The Morgan fingerprint density at radius 3 is 2.32 bits per heavy atom. The molecule has 0 aromatic heterocycles. The van der Waals surface area contributed by atoms with Gasteiger partial charge in [0.15, 0.2) is 0 Å². The van der Waals surface area contributed by atoms with E-state index in [9.17, 15) is 18.0 Å². The first-order chi connectivity index (χ1) is 11.5. The Morgan fingerprint density at radius 2 is 1.84 bits per heavy atom. The maximum absolute atomic E-state index is 12.7. The number of nitrogen functional groups attached to an aromatic ring is 1. The van der Waals surface area contributed by atoms with E-state index in [0.29, 0.717) is 31.6 Å². The number of ether oxygens (including phenoxy) is 1. The van der Waals surface area contributed by atoms with Crippen LogP contribution >= 0.6 is 0 Å². The number of nitrogens with zero attached hydrogens (tertiary/aromatic N) is 1. The maximum atomic E-state index is 12.7. The van der Waals surface area contributed by atoms with Crippen LogP contribution in [-0.2, 0) is 10.9 Å². The fraction of sp³-hybridized carbons (Fsp3) is 0.588. The second-order valence-electron chi connectivity index (χ2n) is 7.19. The Kier molecular flexibility index (Phi) is 5.39. The zero-order valence-electron chi connectivity index (χ0n) is 14.6. The summed E-state index contributed by atoms with van der Waals surface area (Å²) in [7, 11) is 0. The second kappa shape index (κ2) is 7.01. The molecule has 5 nitrogen and oxygen atoms in total. The molecular formula is C17H24F3N3O2. The number of hydrogen-bond acceptors (Lipinski definition) is 4. The van der Waals surface area contributed by atoms with E-state index in [1.807, 2.05) is 20.8 Å². The number of carbonyl (C=O) groups is 1. The van der Waals surface area contributed by atoms with Gasteiger partial charge in [-0.3, -0.25) is 0 Å². The van der Waals surface area contributed by atoms with Gasteiger partial charge in [0.2, 0.25) is 0 Å². The lowest BCUT2D eigenvalue weighted by Gasteiger charge is -2.34. The van der Waals surface area contributed by atoms with Crippen LogP contribution in [0, 0.1) is 0 Å². The standard InChI is InChI=1S/C17H24F3N3O2/c1-16(2,3)25-15(24)23-8-6-12(7-9-23)22-14-5-4-11(10-13(14)21)17(18,19)20/h4-5,10,12,22H,6-9,21H2,1-3H3. The predicted molar refractivity (Wildman–Crippen MR) is 90.3 cm³/mol. The third kappa shape index (κ3) is 5.44. The van der Waals surface area contributed by atoms with Crippen molar-refractivity contribution in [3.63, 3.8) is 0 Å². The molecule has 0 aliphatic carbocycles. The quantitative estimate of drug-likeness (QED) is 0.780. The second-order valence-corrected chi connectivity index (χ2v) is 7.19. The van der Waals surface area contributed by atoms with Crippen molar-refractivity contribution in [1.82, 2.24) is 4.90 Å². The van der Waals surface area contributed by atoms with E-state index in [1.165, 1.54) is 6.07 Å². The molecule has 0 bridgehead atoms. The average Bonchev–Trinajstić information content (AvgIpc) is 2.47. The van der Waals surface area contributed by atoms with Gasteiger partial charge < -0.3 is 20.7 Å². The monoisotopic (exact) mass is 359 g/mol. The van der Waals surface area contributed by atoms with Crippen LogP contribution in [0.15, 0.2) is 18.2 Å². The van der Waals surface area contributed by atoms with Gasteiger partial charge in [0, 0.05) is 19.1 Å². The van der Waals surface area contributed by atoms with Gasteiger partial charge in [0.05, 0.1) is 16.9 Å². The Balaban J connectivity index is 1.91. The summed E-state index contributed by atoms with van der Waals surface area (Å²) in [5.74, 6) is 0. The summed E-state index contributed by atoms with van der Waals surface area (Å²) >= 11 is 0. The number of nitrogens with two attached hydrogens (primary N) is 1. The van der Waals surface area contributed by atoms with Crippen LogP contribution in [0.3, 0.4) is 0 Å². The van der Waals surface area contributed by atoms with E-state index in [1.54, 1.807) is 4.90 Å². The van der Waals surface area contributed by atoms with E-state index < -0.39 is 17.3 Å². The summed E-state index contributed by atoms with van der Waals surface area (Å²) < 4.78 is 43.3. The van der Waals surface area contributed by atoms with Crippen LogP contribution in [0.2, 0.25) is 0 Å². The number of alkyl halides is 3. The van der Waals surface area contributed by atoms with Crippen LogP contribution in [0.25, 0.3) is 0 Å². The fourth-order valence-electron chi connectivity index (χ4n) is 2.62. The predicted octanol–water partition coefficient (Wildman–Crippen LogP) is 4.10. The highest BCUT2D eigenvalue weighted by Gasteiger charge is 2.31. The molecule has 1 aliphatic heterocycles. The van der Waals surface area contributed by atoms with Crippen molar-refractivity contribution in [1.29, 1.82) is 0 Å². The van der Waals surface area contributed by atoms with E-state index in [2.05, 4.69) is 5.32 Å². The van der Waals surface area contributed by atoms with Crippen molar-refractivity contribution in [3.05, 3.63) is 23.8 Å². The van der Waals surface area contributed by atoms with Crippen LogP contribution in [-0.4, -0.2) is 35.7 Å². The number of carbonyl (C=O) groups excluding carboxylic acids is 1. The molecule has 1 aliphatic rings. The Labute approximate surface area is 145 Å². The summed E-state index contributed by atoms with van der Waals surface area (Å²) in [6.07, 6.45) is -3.43. The molecule has 1 amide bonds. The largest absolute Gasteiger partial charge is 0.444 e. The summed E-state index contributed by atoms with van der Waals surface area (Å²) in [6, 6.07) is 3.32. The van der Waals surface area contributed by atoms with Crippen molar-refractivity contribution in [2.75, 3.05) is 24.1 Å². The van der Waals surface area contributed by atoms with Gasteiger partial charge in [0.1, 0.15) is 5.60 Å². The zero-order chi connectivity index (χ0) is 18.8. The summed E-state index contributed by atoms with van der Waals surface area (Å²) in [5, 5.41) is 3.16. The highest BCUT2D eigenvalue weighted by Crippen LogP contribution is 2.33. The molecule has 1 fully saturated rings. The Morgan fingerprint density at radius 1 is 1.24 bits per heavy atom. The molecular weight excluding hydrogens is 335 g/mol. The summed E-state index contributed by atoms with van der Waals surface area (Å²) in [6.45, 7) is 6.48. The first-order valence-corrected chi connectivity index (χ1v) is 8.17. The third-order valence-electron chi connectivity index (χ3n) is 3.89. The van der Waals surface area contributed by atoms with Gasteiger partial charge in [-0.25, -0.2) is 4.79 Å². The molecule has 8 heteroatoms. The summed E-state index contributed by atoms with van der Waals surface area (Å²) in [4.78, 5) is 13.7. The van der Waals surface area contributed by atoms with Gasteiger partial charge in [0.25, 0.3) is 0 Å². The molecule has 0 radical (unpaired) electrons. The van der Waals surface area contributed by atoms with Crippen LogP contribution in [0.5, 0.6) is 0 Å². The van der Waals surface area contributed by atoms with Crippen LogP contribution < -0.4 is 11.1 Å². The molecule has 0 saturated carbocycles. The number of hydrogen-bond donors (Lipinski definition) is 2. The fourth-order valence-corrected chi connectivity index (χ4v) is 2.62. The number of anilines is 2. The van der Waals surface area contributed by atoms with Gasteiger partial charge in [-0.05, 0) is 51.8 Å². The molecule has 140 valence electrons. The van der Waals surface area contributed by atoms with Crippen molar-refractivity contribution in [2.45, 2.75) is 51.4 Å². The minimum absolute atomic E-state index is 0.0396. The molecule has 1 aromatic carbocycles. The first-order valence-electron chi connectivity index (χ1n) is 8.17. The van der Waals surface area contributed by atoms with E-state index in [0.717, 1.165) is 12.1 Å². The number of halogens is 3. The highest BCUT2D eigenvalue weighted by atomic mass is 19.4. The van der Waals surface area contributed by atoms with Crippen LogP contribution in [0.1, 0.15) is 39.2 Å². The third-order valence-corrected chi connectivity index (χ3v) is 3.89. The molecule has 1 saturated heterocycles. The SMILES string of the molecule is CC(C)(C)OC(=O)N1CCC(Nc2ccc(C(F)(F)F)cc2N)CC1. The summed E-state index contributed by atoms with van der Waals surface area (Å²) in [5.41, 5.74) is 4.96. The van der Waals surface area contributed by atoms with Crippen LogP contribution in [0.4, 0.5) is 29.3 Å². The van der Waals surface area contributed by atoms with E-state index in [-0.39, 0.29) is 17.8 Å². The average molecular weight is 359 g/mol. The smallest absolute Gasteiger partial charge is 0.416 e. The lowest BCUT2D eigenvalue weighted by atomic mass is 10.0. The lowest BCUT2D eigenvalue weighted by molar-refractivity contribution is -0.137. The number of rotatable bonds is 2. The Bertz CT molecular complexity index is 619. The van der Waals surface area contributed by atoms with E-state index in [4.69, 9.17) is 10.5 Å². The topological polar surface area (TPSA) is 67.6 Å². The molecule has 1 aromatic rings.